The maximum absolute atomic E-state index is 12.2. The zero-order valence-corrected chi connectivity index (χ0v) is 11.8. The van der Waals surface area contributed by atoms with Gasteiger partial charge in [-0.25, -0.2) is 4.79 Å². The average molecular weight is 280 g/mol. The number of carbonyl (C=O) groups excluding carboxylic acids is 1. The molecule has 1 N–H and O–H groups in total. The van der Waals surface area contributed by atoms with Crippen molar-refractivity contribution in [1.82, 2.24) is 4.90 Å². The second kappa shape index (κ2) is 5.32. The number of urea groups is 1. The lowest BCUT2D eigenvalue weighted by Gasteiger charge is -2.31. The highest BCUT2D eigenvalue weighted by Gasteiger charge is 2.25. The van der Waals surface area contributed by atoms with Gasteiger partial charge in [-0.15, -0.1) is 0 Å². The van der Waals surface area contributed by atoms with Crippen LogP contribution in [0.4, 0.5) is 10.5 Å². The van der Waals surface area contributed by atoms with Crippen molar-refractivity contribution in [2.24, 2.45) is 0 Å². The van der Waals surface area contributed by atoms with E-state index in [4.69, 9.17) is 4.74 Å². The van der Waals surface area contributed by atoms with Gasteiger partial charge < -0.3 is 10.1 Å². The number of ether oxygens (including phenoxy) is 1. The second-order valence-corrected chi connectivity index (χ2v) is 4.86. The third-order valence-electron chi connectivity index (χ3n) is 3.53. The minimum Gasteiger partial charge on any atom is -0.497 e. The van der Waals surface area contributed by atoms with Gasteiger partial charge in [-0.3, -0.25) is 4.90 Å². The molecular weight excluding hydrogens is 264 g/mol. The molecule has 1 aliphatic heterocycles. The molecule has 0 saturated carbocycles. The molecule has 0 radical (unpaired) electrons. The molecule has 4 nitrogen and oxygen atoms in total. The maximum atomic E-state index is 12.2. The lowest BCUT2D eigenvalue weighted by Crippen LogP contribution is -2.36. The van der Waals surface area contributed by atoms with Crippen molar-refractivity contribution >= 4 is 17.4 Å². The van der Waals surface area contributed by atoms with Crippen LogP contribution < -0.4 is 10.1 Å². The van der Waals surface area contributed by atoms with Crippen molar-refractivity contribution in [1.29, 1.82) is 0 Å². The Balaban J connectivity index is 1.89. The smallest absolute Gasteiger partial charge is 0.326 e. The zero-order valence-electron chi connectivity index (χ0n) is 11.8. The Morgan fingerprint density at radius 2 is 2.00 bits per heavy atom. The molecule has 0 saturated heterocycles. The van der Waals surface area contributed by atoms with E-state index in [1.807, 2.05) is 48.5 Å². The van der Waals surface area contributed by atoms with Gasteiger partial charge in [0.1, 0.15) is 5.75 Å². The fraction of sp³-hybridized carbons (Fsp3) is 0.118. The van der Waals surface area contributed by atoms with Crippen molar-refractivity contribution in [3.8, 4) is 5.75 Å². The van der Waals surface area contributed by atoms with Crippen LogP contribution in [0.15, 0.2) is 55.1 Å². The van der Waals surface area contributed by atoms with Crippen LogP contribution in [0.5, 0.6) is 5.75 Å². The number of benzene rings is 2. The van der Waals surface area contributed by atoms with Crippen molar-refractivity contribution in [2.45, 2.75) is 6.54 Å². The third kappa shape index (κ3) is 2.48. The molecule has 2 amide bonds. The van der Waals surface area contributed by atoms with Crippen LogP contribution in [0, 0.1) is 0 Å². The molecule has 21 heavy (non-hydrogen) atoms. The number of rotatable bonds is 3. The molecule has 0 bridgehead atoms. The maximum Gasteiger partial charge on any atom is 0.326 e. The largest absolute Gasteiger partial charge is 0.497 e. The molecule has 106 valence electrons. The normalized spacial score (nSPS) is 13.7. The summed E-state index contributed by atoms with van der Waals surface area (Å²) in [6.45, 7) is 4.51. The molecule has 0 spiro atoms. The van der Waals surface area contributed by atoms with Gasteiger partial charge >= 0.3 is 6.03 Å². The van der Waals surface area contributed by atoms with E-state index < -0.39 is 0 Å². The van der Waals surface area contributed by atoms with Crippen molar-refractivity contribution in [3.05, 3.63) is 66.2 Å². The van der Waals surface area contributed by atoms with E-state index in [1.54, 1.807) is 12.0 Å². The lowest BCUT2D eigenvalue weighted by atomic mass is 10.1. The molecule has 3 rings (SSSR count). The van der Waals surface area contributed by atoms with Gasteiger partial charge in [0.25, 0.3) is 0 Å². The first-order valence-electron chi connectivity index (χ1n) is 6.69. The van der Waals surface area contributed by atoms with Crippen molar-refractivity contribution < 1.29 is 9.53 Å². The fourth-order valence-corrected chi connectivity index (χ4v) is 2.42. The van der Waals surface area contributed by atoms with Crippen LogP contribution in [0.3, 0.4) is 0 Å². The molecule has 0 unspecified atom stereocenters. The Morgan fingerprint density at radius 1 is 1.19 bits per heavy atom. The molecule has 1 aliphatic rings. The van der Waals surface area contributed by atoms with E-state index in [9.17, 15) is 4.79 Å². The minimum absolute atomic E-state index is 0.165. The highest BCUT2D eigenvalue weighted by atomic mass is 16.5. The first-order valence-corrected chi connectivity index (χ1v) is 6.69. The number of fused-ring (bicyclic) bond motifs is 1. The van der Waals surface area contributed by atoms with Crippen LogP contribution in [0.25, 0.3) is 5.70 Å². The summed E-state index contributed by atoms with van der Waals surface area (Å²) >= 11 is 0. The Labute approximate surface area is 123 Å². The highest BCUT2D eigenvalue weighted by molar-refractivity contribution is 6.02. The van der Waals surface area contributed by atoms with Gasteiger partial charge in [0.05, 0.1) is 19.3 Å². The molecule has 1 heterocycles. The van der Waals surface area contributed by atoms with Gasteiger partial charge in [-0.1, -0.05) is 36.9 Å². The summed E-state index contributed by atoms with van der Waals surface area (Å²) in [6.07, 6.45) is 0. The average Bonchev–Trinajstić information content (AvgIpc) is 2.51. The number of hydrogen-bond donors (Lipinski definition) is 1. The monoisotopic (exact) mass is 280 g/mol. The van der Waals surface area contributed by atoms with Gasteiger partial charge in [-0.05, 0) is 23.8 Å². The summed E-state index contributed by atoms with van der Waals surface area (Å²) < 4.78 is 5.21. The molecular formula is C17H16N2O2. The summed E-state index contributed by atoms with van der Waals surface area (Å²) in [5.41, 5.74) is 3.44. The molecule has 0 aromatic heterocycles. The molecule has 0 fully saturated rings. The minimum atomic E-state index is -0.165. The zero-order chi connectivity index (χ0) is 14.8. The Bertz CT molecular complexity index is 709. The quantitative estimate of drug-likeness (QED) is 0.931. The number of anilines is 1. The highest BCUT2D eigenvalue weighted by Crippen LogP contribution is 2.31. The molecule has 0 atom stereocenters. The van der Waals surface area contributed by atoms with Gasteiger partial charge in [0.15, 0.2) is 0 Å². The van der Waals surface area contributed by atoms with Gasteiger partial charge in [-0.2, -0.15) is 0 Å². The van der Waals surface area contributed by atoms with Crippen LogP contribution in [0.1, 0.15) is 11.1 Å². The van der Waals surface area contributed by atoms with Crippen molar-refractivity contribution in [2.75, 3.05) is 12.4 Å². The summed E-state index contributed by atoms with van der Waals surface area (Å²) in [5.74, 6) is 0.774. The molecule has 2 aromatic rings. The second-order valence-electron chi connectivity index (χ2n) is 4.86. The first-order chi connectivity index (χ1) is 10.2. The Hall–Kier alpha value is -2.75. The topological polar surface area (TPSA) is 41.6 Å². The number of amides is 2. The summed E-state index contributed by atoms with van der Waals surface area (Å²) in [7, 11) is 1.63. The van der Waals surface area contributed by atoms with E-state index in [-0.39, 0.29) is 6.03 Å². The number of hydrogen-bond acceptors (Lipinski definition) is 2. The summed E-state index contributed by atoms with van der Waals surface area (Å²) in [4.78, 5) is 13.9. The lowest BCUT2D eigenvalue weighted by molar-refractivity contribution is 0.229. The van der Waals surface area contributed by atoms with E-state index in [0.717, 1.165) is 22.6 Å². The number of carbonyl (C=O) groups is 1. The number of nitrogens with one attached hydrogen (secondary N) is 1. The van der Waals surface area contributed by atoms with E-state index in [1.165, 1.54) is 0 Å². The summed E-state index contributed by atoms with van der Waals surface area (Å²) in [5, 5.41) is 2.88. The SMILES string of the molecule is C=C1c2ccccc2NC(=O)N1Cc1cccc(OC)c1. The van der Waals surface area contributed by atoms with Crippen LogP contribution in [0.2, 0.25) is 0 Å². The Morgan fingerprint density at radius 3 is 2.81 bits per heavy atom. The van der Waals surface area contributed by atoms with Crippen molar-refractivity contribution in [3.63, 3.8) is 0 Å². The van der Waals surface area contributed by atoms with E-state index in [2.05, 4.69) is 11.9 Å². The predicted octanol–water partition coefficient (Wildman–Crippen LogP) is 3.71. The standard InChI is InChI=1S/C17H16N2O2/c1-12-15-8-3-4-9-16(15)18-17(20)19(12)11-13-6-5-7-14(10-13)21-2/h3-10H,1,11H2,2H3,(H,18,20). The van der Waals surface area contributed by atoms with Crippen LogP contribution >= 0.6 is 0 Å². The van der Waals surface area contributed by atoms with Gasteiger partial charge in [0, 0.05) is 11.3 Å². The number of nitrogens with zero attached hydrogens (tertiary/aromatic N) is 1. The molecule has 2 aromatic carbocycles. The molecule has 0 aliphatic carbocycles. The predicted molar refractivity (Wildman–Crippen MR) is 83.0 cm³/mol. The molecule has 4 heteroatoms. The fourth-order valence-electron chi connectivity index (χ4n) is 2.42. The van der Waals surface area contributed by atoms with E-state index >= 15 is 0 Å². The number of para-hydroxylation sites is 1. The van der Waals surface area contributed by atoms with Crippen LogP contribution in [-0.4, -0.2) is 18.0 Å². The Kier molecular flexibility index (Phi) is 3.36. The first kappa shape index (κ1) is 13.2. The van der Waals surface area contributed by atoms with Crippen LogP contribution in [-0.2, 0) is 6.54 Å². The van der Waals surface area contributed by atoms with Gasteiger partial charge in [0.2, 0.25) is 0 Å². The summed E-state index contributed by atoms with van der Waals surface area (Å²) in [6, 6.07) is 15.2. The van der Waals surface area contributed by atoms with E-state index in [0.29, 0.717) is 12.2 Å². The number of methoxy groups -OCH3 is 1. The third-order valence-corrected chi connectivity index (χ3v) is 3.53.